The van der Waals surface area contributed by atoms with Crippen molar-refractivity contribution in [3.05, 3.63) is 64.2 Å². The highest BCUT2D eigenvalue weighted by Gasteiger charge is 2.30. The van der Waals surface area contributed by atoms with Crippen molar-refractivity contribution in [1.29, 1.82) is 0 Å². The molecule has 1 fully saturated rings. The number of piperazine rings is 1. The second-order valence-corrected chi connectivity index (χ2v) is 8.52. The van der Waals surface area contributed by atoms with Crippen molar-refractivity contribution < 1.29 is 26.9 Å². The third-order valence-electron chi connectivity index (χ3n) is 4.59. The summed E-state index contributed by atoms with van der Waals surface area (Å²) in [6.45, 7) is 0.375. The maximum atomic E-state index is 13.6. The van der Waals surface area contributed by atoms with Gasteiger partial charge in [0.1, 0.15) is 17.3 Å². The van der Waals surface area contributed by atoms with Gasteiger partial charge >= 0.3 is 0 Å². The smallest absolute Gasteiger partial charge is 0.270 e. The lowest BCUT2D eigenvalue weighted by Crippen LogP contribution is -2.50. The van der Waals surface area contributed by atoms with Crippen LogP contribution in [0.2, 0.25) is 0 Å². The monoisotopic (exact) mass is 440 g/mol. The van der Waals surface area contributed by atoms with E-state index < -0.39 is 38.2 Å². The lowest BCUT2D eigenvalue weighted by molar-refractivity contribution is -0.385. The lowest BCUT2D eigenvalue weighted by atomic mass is 10.3. The van der Waals surface area contributed by atoms with Gasteiger partial charge in [-0.1, -0.05) is 12.1 Å². The third kappa shape index (κ3) is 4.78. The Bertz CT molecular complexity index is 1050. The van der Waals surface area contributed by atoms with E-state index in [0.29, 0.717) is 0 Å². The highest BCUT2D eigenvalue weighted by Crippen LogP contribution is 2.22. The minimum absolute atomic E-state index is 0.0619. The summed E-state index contributed by atoms with van der Waals surface area (Å²) in [5, 5.41) is 13.1. The van der Waals surface area contributed by atoms with Gasteiger partial charge < -0.3 is 5.32 Å². The van der Waals surface area contributed by atoms with Crippen LogP contribution in [0.25, 0.3) is 0 Å². The van der Waals surface area contributed by atoms with Crippen molar-refractivity contribution in [2.75, 3.05) is 38.0 Å². The van der Waals surface area contributed by atoms with E-state index in [2.05, 4.69) is 5.32 Å². The van der Waals surface area contributed by atoms with Gasteiger partial charge in [0.15, 0.2) is 0 Å². The van der Waals surface area contributed by atoms with Crippen molar-refractivity contribution in [2.45, 2.75) is 4.90 Å². The zero-order chi connectivity index (χ0) is 21.9. The molecule has 0 aliphatic carbocycles. The fraction of sp³-hybridized carbons (Fsp3) is 0.278. The summed E-state index contributed by atoms with van der Waals surface area (Å²) >= 11 is 0. The number of nitro benzene ring substituents is 1. The molecule has 30 heavy (non-hydrogen) atoms. The highest BCUT2D eigenvalue weighted by atomic mass is 32.2. The average Bonchev–Trinajstić information content (AvgIpc) is 2.71. The lowest BCUT2D eigenvalue weighted by Gasteiger charge is -2.33. The zero-order valence-electron chi connectivity index (χ0n) is 15.6. The zero-order valence-corrected chi connectivity index (χ0v) is 16.4. The summed E-state index contributed by atoms with van der Waals surface area (Å²) in [4.78, 5) is 23.8. The van der Waals surface area contributed by atoms with Gasteiger partial charge in [0.05, 0.1) is 16.4 Å². The third-order valence-corrected chi connectivity index (χ3v) is 6.49. The fourth-order valence-electron chi connectivity index (χ4n) is 3.03. The number of para-hydroxylation sites is 1. The molecule has 3 rings (SSSR count). The molecule has 0 bridgehead atoms. The van der Waals surface area contributed by atoms with E-state index in [1.54, 1.807) is 4.90 Å². The molecule has 1 aliphatic rings. The largest absolute Gasteiger partial charge is 0.320 e. The summed E-state index contributed by atoms with van der Waals surface area (Å²) in [5.74, 6) is -2.42. The standard InChI is InChI=1S/C18H18F2N4O5S/c19-15-5-2-6-16(20)18(15)21-17(25)12-22-7-9-23(10-8-22)30(28,29)14-4-1-3-13(11-14)24(26)27/h1-6,11H,7-10,12H2,(H,21,25). The first kappa shape index (κ1) is 21.7. The molecule has 1 heterocycles. The molecule has 160 valence electrons. The summed E-state index contributed by atoms with van der Waals surface area (Å²) in [6, 6.07) is 8.01. The number of nitrogens with zero attached hydrogens (tertiary/aromatic N) is 3. The van der Waals surface area contributed by atoms with Gasteiger partial charge in [0.25, 0.3) is 5.69 Å². The van der Waals surface area contributed by atoms with Gasteiger partial charge in [-0.3, -0.25) is 19.8 Å². The van der Waals surface area contributed by atoms with Crippen LogP contribution in [0, 0.1) is 21.7 Å². The van der Waals surface area contributed by atoms with Crippen molar-refractivity contribution in [3.8, 4) is 0 Å². The Kier molecular flexibility index (Phi) is 6.39. The number of benzene rings is 2. The Labute approximate surface area is 171 Å². The first-order chi connectivity index (χ1) is 14.2. The molecule has 2 aromatic carbocycles. The maximum absolute atomic E-state index is 13.6. The van der Waals surface area contributed by atoms with E-state index in [-0.39, 0.29) is 43.3 Å². The van der Waals surface area contributed by atoms with Crippen molar-refractivity contribution in [1.82, 2.24) is 9.21 Å². The van der Waals surface area contributed by atoms with Crippen LogP contribution in [0.5, 0.6) is 0 Å². The number of non-ortho nitro benzene ring substituents is 1. The SMILES string of the molecule is O=C(CN1CCN(S(=O)(=O)c2cccc([N+](=O)[O-])c2)CC1)Nc1c(F)cccc1F. The number of hydrogen-bond acceptors (Lipinski definition) is 6. The summed E-state index contributed by atoms with van der Waals surface area (Å²) < 4.78 is 53.9. The Morgan fingerprint density at radius 3 is 2.27 bits per heavy atom. The van der Waals surface area contributed by atoms with Crippen LogP contribution in [0.15, 0.2) is 47.4 Å². The van der Waals surface area contributed by atoms with Crippen molar-refractivity contribution in [2.24, 2.45) is 0 Å². The first-order valence-corrected chi connectivity index (χ1v) is 10.3. The maximum Gasteiger partial charge on any atom is 0.270 e. The quantitative estimate of drug-likeness (QED) is 0.542. The topological polar surface area (TPSA) is 113 Å². The molecular weight excluding hydrogens is 422 g/mol. The molecule has 1 aliphatic heterocycles. The Balaban J connectivity index is 1.60. The van der Waals surface area contributed by atoms with E-state index >= 15 is 0 Å². The number of sulfonamides is 1. The second kappa shape index (κ2) is 8.81. The van der Waals surface area contributed by atoms with Crippen molar-refractivity contribution in [3.63, 3.8) is 0 Å². The van der Waals surface area contributed by atoms with E-state index in [1.807, 2.05) is 0 Å². The fourth-order valence-corrected chi connectivity index (χ4v) is 4.50. The van der Waals surface area contributed by atoms with Gasteiger partial charge in [-0.05, 0) is 18.2 Å². The van der Waals surface area contributed by atoms with Gasteiger partial charge in [-0.2, -0.15) is 4.31 Å². The van der Waals surface area contributed by atoms with E-state index in [4.69, 9.17) is 0 Å². The first-order valence-electron chi connectivity index (χ1n) is 8.89. The Morgan fingerprint density at radius 2 is 1.67 bits per heavy atom. The molecule has 0 radical (unpaired) electrons. The van der Waals surface area contributed by atoms with Gasteiger partial charge in [-0.15, -0.1) is 0 Å². The number of nitrogens with one attached hydrogen (secondary N) is 1. The molecule has 0 saturated carbocycles. The van der Waals surface area contributed by atoms with Crippen LogP contribution in [-0.2, 0) is 14.8 Å². The predicted octanol–water partition coefficient (Wildman–Crippen LogP) is 1.82. The normalized spacial score (nSPS) is 15.7. The van der Waals surface area contributed by atoms with Crippen LogP contribution in [-0.4, -0.2) is 61.2 Å². The van der Waals surface area contributed by atoms with Crippen LogP contribution < -0.4 is 5.32 Å². The van der Waals surface area contributed by atoms with Gasteiger partial charge in [0.2, 0.25) is 15.9 Å². The predicted molar refractivity (Wildman–Crippen MR) is 103 cm³/mol. The highest BCUT2D eigenvalue weighted by molar-refractivity contribution is 7.89. The number of rotatable bonds is 6. The van der Waals surface area contributed by atoms with Crippen LogP contribution in [0.4, 0.5) is 20.2 Å². The minimum Gasteiger partial charge on any atom is -0.320 e. The molecule has 0 unspecified atom stereocenters. The summed E-state index contributed by atoms with van der Waals surface area (Å²) in [5.41, 5.74) is -0.860. The molecule has 0 atom stereocenters. The molecule has 12 heteroatoms. The molecule has 9 nitrogen and oxygen atoms in total. The van der Waals surface area contributed by atoms with E-state index in [0.717, 1.165) is 18.2 Å². The molecule has 1 amide bonds. The van der Waals surface area contributed by atoms with E-state index in [9.17, 15) is 32.1 Å². The molecular formula is C18H18F2N4O5S. The Hall–Kier alpha value is -2.96. The number of carbonyl (C=O) groups excluding carboxylic acids is 1. The van der Waals surface area contributed by atoms with E-state index in [1.165, 1.54) is 28.6 Å². The molecule has 2 aromatic rings. The number of carbonyl (C=O) groups is 1. The molecule has 1 N–H and O–H groups in total. The van der Waals surface area contributed by atoms with Gasteiger partial charge in [-0.25, -0.2) is 17.2 Å². The number of amides is 1. The minimum atomic E-state index is -3.93. The van der Waals surface area contributed by atoms with Crippen LogP contribution in [0.3, 0.4) is 0 Å². The number of nitro groups is 1. The number of hydrogen-bond donors (Lipinski definition) is 1. The number of halogens is 2. The van der Waals surface area contributed by atoms with Crippen LogP contribution >= 0.6 is 0 Å². The summed E-state index contributed by atoms with van der Waals surface area (Å²) in [6.07, 6.45) is 0. The molecule has 1 saturated heterocycles. The molecule has 0 spiro atoms. The number of anilines is 1. The van der Waals surface area contributed by atoms with Crippen molar-refractivity contribution >= 4 is 27.3 Å². The second-order valence-electron chi connectivity index (χ2n) is 6.58. The van der Waals surface area contributed by atoms with Crippen LogP contribution in [0.1, 0.15) is 0 Å². The average molecular weight is 440 g/mol. The molecule has 0 aromatic heterocycles. The van der Waals surface area contributed by atoms with Gasteiger partial charge in [0, 0.05) is 38.3 Å². The summed E-state index contributed by atoms with van der Waals surface area (Å²) in [7, 11) is -3.93. The Morgan fingerprint density at radius 1 is 1.07 bits per heavy atom.